The van der Waals surface area contributed by atoms with Crippen LogP contribution in [0.15, 0.2) is 46.2 Å². The van der Waals surface area contributed by atoms with Gasteiger partial charge in [0.2, 0.25) is 0 Å². The van der Waals surface area contributed by atoms with Crippen molar-refractivity contribution in [1.29, 1.82) is 0 Å². The molecule has 0 aliphatic heterocycles. The standard InChI is InChI=1S/C16H15N3O3S/c1-10-5-6-14(21-2)11(8-10)13(20)9-23-16-19-18-15(22-16)12-4-3-7-17-12/h3-8,17H,9H2,1-2H3. The molecule has 3 rings (SSSR count). The number of carbonyl (C=O) groups is 1. The lowest BCUT2D eigenvalue weighted by molar-refractivity contribution is 0.101. The molecular weight excluding hydrogens is 314 g/mol. The van der Waals surface area contributed by atoms with Crippen LogP contribution in [0.1, 0.15) is 15.9 Å². The van der Waals surface area contributed by atoms with E-state index in [-0.39, 0.29) is 11.5 Å². The topological polar surface area (TPSA) is 81.0 Å². The Bertz CT molecular complexity index is 812. The van der Waals surface area contributed by atoms with E-state index in [2.05, 4.69) is 15.2 Å². The fourth-order valence-electron chi connectivity index (χ4n) is 2.09. The zero-order valence-corrected chi connectivity index (χ0v) is 13.5. The summed E-state index contributed by atoms with van der Waals surface area (Å²) in [5.74, 6) is 1.12. The second-order valence-corrected chi connectivity index (χ2v) is 5.80. The number of ketones is 1. The highest BCUT2D eigenvalue weighted by Crippen LogP contribution is 2.25. The number of thioether (sulfide) groups is 1. The first-order chi connectivity index (χ1) is 11.2. The van der Waals surface area contributed by atoms with Crippen molar-refractivity contribution in [3.63, 3.8) is 0 Å². The number of H-pyrrole nitrogens is 1. The summed E-state index contributed by atoms with van der Waals surface area (Å²) in [5, 5.41) is 8.25. The van der Waals surface area contributed by atoms with Gasteiger partial charge in [-0.2, -0.15) is 0 Å². The Balaban J connectivity index is 1.69. The molecule has 0 unspecified atom stereocenters. The largest absolute Gasteiger partial charge is 0.496 e. The molecule has 23 heavy (non-hydrogen) atoms. The van der Waals surface area contributed by atoms with E-state index in [1.54, 1.807) is 19.4 Å². The molecule has 0 aliphatic rings. The summed E-state index contributed by atoms with van der Waals surface area (Å²) in [4.78, 5) is 15.4. The zero-order valence-electron chi connectivity index (χ0n) is 12.7. The summed E-state index contributed by atoms with van der Waals surface area (Å²) in [7, 11) is 1.55. The van der Waals surface area contributed by atoms with Gasteiger partial charge >= 0.3 is 0 Å². The molecule has 0 fully saturated rings. The molecule has 0 spiro atoms. The summed E-state index contributed by atoms with van der Waals surface area (Å²) < 4.78 is 10.8. The third-order valence-electron chi connectivity index (χ3n) is 3.22. The van der Waals surface area contributed by atoms with Crippen LogP contribution in [-0.4, -0.2) is 33.8 Å². The highest BCUT2D eigenvalue weighted by Gasteiger charge is 2.16. The lowest BCUT2D eigenvalue weighted by Gasteiger charge is -2.07. The van der Waals surface area contributed by atoms with Gasteiger partial charge in [0.15, 0.2) is 5.78 Å². The van der Waals surface area contributed by atoms with Gasteiger partial charge in [-0.15, -0.1) is 10.2 Å². The molecule has 0 aliphatic carbocycles. The summed E-state index contributed by atoms with van der Waals surface area (Å²) in [6.45, 7) is 1.93. The van der Waals surface area contributed by atoms with E-state index in [1.807, 2.05) is 31.2 Å². The Hall–Kier alpha value is -2.54. The number of aromatic amines is 1. The number of rotatable bonds is 6. The number of benzene rings is 1. The van der Waals surface area contributed by atoms with E-state index < -0.39 is 0 Å². The highest BCUT2D eigenvalue weighted by molar-refractivity contribution is 7.99. The van der Waals surface area contributed by atoms with Gasteiger partial charge in [0.05, 0.1) is 18.4 Å². The highest BCUT2D eigenvalue weighted by atomic mass is 32.2. The van der Waals surface area contributed by atoms with E-state index in [9.17, 15) is 4.79 Å². The van der Waals surface area contributed by atoms with Crippen molar-refractivity contribution < 1.29 is 13.9 Å². The smallest absolute Gasteiger partial charge is 0.277 e. The number of aromatic nitrogens is 3. The van der Waals surface area contributed by atoms with Crippen LogP contribution >= 0.6 is 11.8 Å². The van der Waals surface area contributed by atoms with Gasteiger partial charge in [-0.3, -0.25) is 4.79 Å². The SMILES string of the molecule is COc1ccc(C)cc1C(=O)CSc1nnc(-c2ccc[nH]2)o1. The number of carbonyl (C=O) groups excluding carboxylic acids is 1. The summed E-state index contributed by atoms with van der Waals surface area (Å²) in [6.07, 6.45) is 1.78. The number of Topliss-reactive ketones (excluding diaryl/α,β-unsaturated/α-hetero) is 1. The van der Waals surface area contributed by atoms with Crippen LogP contribution in [0, 0.1) is 6.92 Å². The molecule has 0 saturated heterocycles. The van der Waals surface area contributed by atoms with Gasteiger partial charge < -0.3 is 14.1 Å². The molecule has 1 N–H and O–H groups in total. The molecule has 0 radical (unpaired) electrons. The van der Waals surface area contributed by atoms with Gasteiger partial charge in [0.25, 0.3) is 11.1 Å². The Labute approximate surface area is 137 Å². The third kappa shape index (κ3) is 3.45. The van der Waals surface area contributed by atoms with E-state index in [0.29, 0.717) is 22.4 Å². The van der Waals surface area contributed by atoms with Crippen molar-refractivity contribution in [3.05, 3.63) is 47.7 Å². The minimum atomic E-state index is -0.0461. The fraction of sp³-hybridized carbons (Fsp3) is 0.188. The molecule has 1 aromatic carbocycles. The van der Waals surface area contributed by atoms with Gasteiger partial charge in [-0.25, -0.2) is 0 Å². The summed E-state index contributed by atoms with van der Waals surface area (Å²) >= 11 is 1.21. The number of hydrogen-bond donors (Lipinski definition) is 1. The maximum Gasteiger partial charge on any atom is 0.277 e. The quantitative estimate of drug-likeness (QED) is 0.552. The first-order valence-corrected chi connectivity index (χ1v) is 7.94. The van der Waals surface area contributed by atoms with E-state index >= 15 is 0 Å². The second kappa shape index (κ2) is 6.70. The molecule has 6 nitrogen and oxygen atoms in total. The van der Waals surface area contributed by atoms with Gasteiger partial charge in [0, 0.05) is 6.20 Å². The Morgan fingerprint density at radius 3 is 2.96 bits per heavy atom. The Kier molecular flexibility index (Phi) is 4.47. The number of ether oxygens (including phenoxy) is 1. The summed E-state index contributed by atoms with van der Waals surface area (Å²) in [6, 6.07) is 9.21. The lowest BCUT2D eigenvalue weighted by Crippen LogP contribution is -2.05. The van der Waals surface area contributed by atoms with E-state index in [0.717, 1.165) is 11.3 Å². The molecule has 7 heteroatoms. The second-order valence-electron chi connectivity index (χ2n) is 4.87. The van der Waals surface area contributed by atoms with Crippen molar-refractivity contribution in [2.75, 3.05) is 12.9 Å². The molecule has 0 atom stereocenters. The monoisotopic (exact) mass is 329 g/mol. The molecule has 2 aromatic heterocycles. The molecule has 0 bridgehead atoms. The lowest BCUT2D eigenvalue weighted by atomic mass is 10.1. The first kappa shape index (κ1) is 15.4. The van der Waals surface area contributed by atoms with Crippen LogP contribution in [0.25, 0.3) is 11.6 Å². The normalized spacial score (nSPS) is 10.7. The number of methoxy groups -OCH3 is 1. The predicted octanol–water partition coefficient (Wildman–Crippen LogP) is 3.36. The van der Waals surface area contributed by atoms with Crippen molar-refractivity contribution in [1.82, 2.24) is 15.2 Å². The van der Waals surface area contributed by atoms with Crippen molar-refractivity contribution in [3.8, 4) is 17.3 Å². The average Bonchev–Trinajstić information content (AvgIpc) is 3.23. The minimum Gasteiger partial charge on any atom is -0.496 e. The van der Waals surface area contributed by atoms with Gasteiger partial charge in [0.1, 0.15) is 11.4 Å². The third-order valence-corrected chi connectivity index (χ3v) is 4.04. The maximum atomic E-state index is 12.4. The van der Waals surface area contributed by atoms with Crippen LogP contribution < -0.4 is 4.74 Å². The van der Waals surface area contributed by atoms with E-state index in [4.69, 9.17) is 9.15 Å². The van der Waals surface area contributed by atoms with Crippen LogP contribution in [0.2, 0.25) is 0 Å². The van der Waals surface area contributed by atoms with Crippen LogP contribution in [0.3, 0.4) is 0 Å². The Morgan fingerprint density at radius 1 is 1.35 bits per heavy atom. The molecule has 0 saturated carbocycles. The molecule has 3 aromatic rings. The van der Waals surface area contributed by atoms with Gasteiger partial charge in [-0.05, 0) is 31.2 Å². The number of aryl methyl sites for hydroxylation is 1. The van der Waals surface area contributed by atoms with Crippen LogP contribution in [0.5, 0.6) is 5.75 Å². The molecular formula is C16H15N3O3S. The fourth-order valence-corrected chi connectivity index (χ4v) is 2.73. The number of nitrogens with zero attached hydrogens (tertiary/aromatic N) is 2. The van der Waals surface area contributed by atoms with Crippen LogP contribution in [-0.2, 0) is 0 Å². The first-order valence-electron chi connectivity index (χ1n) is 6.95. The summed E-state index contributed by atoms with van der Waals surface area (Å²) in [5.41, 5.74) is 2.31. The van der Waals surface area contributed by atoms with E-state index in [1.165, 1.54) is 11.8 Å². The molecule has 118 valence electrons. The van der Waals surface area contributed by atoms with Crippen molar-refractivity contribution >= 4 is 17.5 Å². The maximum absolute atomic E-state index is 12.4. The zero-order chi connectivity index (χ0) is 16.2. The Morgan fingerprint density at radius 2 is 2.22 bits per heavy atom. The average molecular weight is 329 g/mol. The van der Waals surface area contributed by atoms with Crippen molar-refractivity contribution in [2.24, 2.45) is 0 Å². The molecule has 2 heterocycles. The van der Waals surface area contributed by atoms with Gasteiger partial charge in [-0.1, -0.05) is 23.4 Å². The van der Waals surface area contributed by atoms with Crippen LogP contribution in [0.4, 0.5) is 0 Å². The number of nitrogens with one attached hydrogen (secondary N) is 1. The molecule has 0 amide bonds. The minimum absolute atomic E-state index is 0.0461. The predicted molar refractivity (Wildman–Crippen MR) is 86.9 cm³/mol. The number of hydrogen-bond acceptors (Lipinski definition) is 6. The van der Waals surface area contributed by atoms with Crippen molar-refractivity contribution in [2.45, 2.75) is 12.1 Å².